The lowest BCUT2D eigenvalue weighted by molar-refractivity contribution is 0.188. The van der Waals surface area contributed by atoms with E-state index in [1.807, 2.05) is 23.1 Å². The fourth-order valence-corrected chi connectivity index (χ4v) is 3.38. The fourth-order valence-electron chi connectivity index (χ4n) is 3.38. The van der Waals surface area contributed by atoms with Crippen LogP contribution in [0.15, 0.2) is 30.9 Å². The summed E-state index contributed by atoms with van der Waals surface area (Å²) in [5.74, 6) is 0.347. The first-order chi connectivity index (χ1) is 11.8. The summed E-state index contributed by atoms with van der Waals surface area (Å²) in [6.07, 6.45) is 9.45. The molecule has 118 valence electrons. The second kappa shape index (κ2) is 5.78. The van der Waals surface area contributed by atoms with Crippen LogP contribution in [0.5, 0.6) is 0 Å². The van der Waals surface area contributed by atoms with Gasteiger partial charge < -0.3 is 9.83 Å². The van der Waals surface area contributed by atoms with Crippen LogP contribution >= 0.6 is 0 Å². The molecular formula is C17H15N7. The van der Waals surface area contributed by atoms with Crippen molar-refractivity contribution in [3.8, 4) is 17.2 Å². The van der Waals surface area contributed by atoms with Crippen LogP contribution in [-0.2, 0) is 0 Å². The van der Waals surface area contributed by atoms with Gasteiger partial charge in [0.05, 0.1) is 30.9 Å². The van der Waals surface area contributed by atoms with E-state index >= 15 is 0 Å². The molecule has 0 amide bonds. The largest absolute Gasteiger partial charge is 0.345 e. The molecule has 1 atom stereocenters. The molecule has 0 aliphatic heterocycles. The van der Waals surface area contributed by atoms with Gasteiger partial charge in [0.1, 0.15) is 0 Å². The maximum absolute atomic E-state index is 9.15. The van der Waals surface area contributed by atoms with Crippen molar-refractivity contribution in [2.24, 2.45) is 5.92 Å². The Morgan fingerprint density at radius 3 is 3.12 bits per heavy atom. The Balaban J connectivity index is 1.65. The quantitative estimate of drug-likeness (QED) is 0.749. The molecule has 1 aliphatic rings. The average molecular weight is 317 g/mol. The number of H-pyrrole nitrogens is 1. The highest BCUT2D eigenvalue weighted by atomic mass is 15.3. The van der Waals surface area contributed by atoms with E-state index in [1.54, 1.807) is 12.4 Å². The van der Waals surface area contributed by atoms with Crippen LogP contribution in [0.2, 0.25) is 0 Å². The number of nitriles is 1. The number of nitrogens with zero attached hydrogens (tertiary/aromatic N) is 6. The van der Waals surface area contributed by atoms with E-state index in [0.717, 1.165) is 35.0 Å². The Morgan fingerprint density at radius 2 is 2.33 bits per heavy atom. The van der Waals surface area contributed by atoms with Gasteiger partial charge in [0.2, 0.25) is 6.04 Å². The van der Waals surface area contributed by atoms with Crippen molar-refractivity contribution in [2.45, 2.75) is 31.3 Å². The summed E-state index contributed by atoms with van der Waals surface area (Å²) < 4.78 is 1.88. The van der Waals surface area contributed by atoms with Crippen LogP contribution in [0.4, 0.5) is 0 Å². The molecule has 7 nitrogen and oxygen atoms in total. The summed E-state index contributed by atoms with van der Waals surface area (Å²) in [5.41, 5.74) is 2.67. The van der Waals surface area contributed by atoms with Gasteiger partial charge in [-0.05, 0) is 12.0 Å². The zero-order valence-corrected chi connectivity index (χ0v) is 12.9. The van der Waals surface area contributed by atoms with E-state index in [0.29, 0.717) is 12.3 Å². The van der Waals surface area contributed by atoms with Gasteiger partial charge >= 0.3 is 0 Å². The third kappa shape index (κ3) is 2.31. The van der Waals surface area contributed by atoms with Crippen molar-refractivity contribution in [3.05, 3.63) is 42.3 Å². The molecule has 0 saturated heterocycles. The smallest absolute Gasteiger partial charge is 0.224 e. The molecule has 3 heterocycles. The summed E-state index contributed by atoms with van der Waals surface area (Å²) in [6.45, 7) is 7.10. The molecular weight excluding hydrogens is 302 g/mol. The predicted molar refractivity (Wildman–Crippen MR) is 87.5 cm³/mol. The van der Waals surface area contributed by atoms with Crippen molar-refractivity contribution < 1.29 is 0 Å². The third-order valence-electron chi connectivity index (χ3n) is 4.79. The van der Waals surface area contributed by atoms with Crippen LogP contribution in [-0.4, -0.2) is 31.0 Å². The monoisotopic (exact) mass is 317 g/mol. The van der Waals surface area contributed by atoms with Gasteiger partial charge in [0.15, 0.2) is 5.65 Å². The molecule has 1 aliphatic carbocycles. The minimum absolute atomic E-state index is 0.0262. The van der Waals surface area contributed by atoms with Crippen molar-refractivity contribution in [1.29, 1.82) is 5.26 Å². The zero-order chi connectivity index (χ0) is 16.5. The topological polar surface area (TPSA) is 87.5 Å². The molecule has 1 unspecified atom stereocenters. The lowest BCUT2D eigenvalue weighted by Crippen LogP contribution is -2.33. The molecule has 0 radical (unpaired) electrons. The lowest BCUT2D eigenvalue weighted by atomic mass is 9.75. The second-order valence-corrected chi connectivity index (χ2v) is 6.15. The summed E-state index contributed by atoms with van der Waals surface area (Å²) in [5, 5.41) is 22.7. The van der Waals surface area contributed by atoms with E-state index in [4.69, 9.17) is 11.8 Å². The average Bonchev–Trinajstić information content (AvgIpc) is 3.22. The van der Waals surface area contributed by atoms with E-state index in [1.165, 1.54) is 0 Å². The van der Waals surface area contributed by atoms with Crippen molar-refractivity contribution in [1.82, 2.24) is 25.0 Å². The van der Waals surface area contributed by atoms with Crippen LogP contribution < -0.4 is 0 Å². The number of rotatable bonds is 4. The number of nitrogens with one attached hydrogen (secondary N) is 1. The molecule has 3 aromatic heterocycles. The van der Waals surface area contributed by atoms with Gasteiger partial charge in [-0.3, -0.25) is 4.68 Å². The maximum atomic E-state index is 9.15. The molecule has 0 spiro atoms. The van der Waals surface area contributed by atoms with Gasteiger partial charge in [-0.1, -0.05) is 0 Å². The minimum Gasteiger partial charge on any atom is -0.345 e. The standard InChI is InChI=1S/C17H15N7/c1-19-13-6-11(7-13)16(2-4-18)24-10-12(8-22-24)15-9-21-23-17-14(15)3-5-20-17/h3,5,8-11,13,16H,2,6-7H2,(H,20,23). The predicted octanol–water partition coefficient (Wildman–Crippen LogP) is 2.97. The first kappa shape index (κ1) is 14.4. The van der Waals surface area contributed by atoms with Gasteiger partial charge in [-0.15, -0.1) is 5.10 Å². The van der Waals surface area contributed by atoms with Crippen molar-refractivity contribution in [3.63, 3.8) is 0 Å². The SMILES string of the molecule is [C-]#[N+]C1CC(C(CC#N)n2cc(-c3cnnc4[nH]ccc34)cn2)C1. The highest BCUT2D eigenvalue weighted by molar-refractivity contribution is 5.91. The van der Waals surface area contributed by atoms with Gasteiger partial charge in [-0.2, -0.15) is 15.5 Å². The number of aromatic amines is 1. The molecule has 1 N–H and O–H groups in total. The fraction of sp³-hybridized carbons (Fsp3) is 0.353. The van der Waals surface area contributed by atoms with Crippen molar-refractivity contribution in [2.75, 3.05) is 0 Å². The zero-order valence-electron chi connectivity index (χ0n) is 12.9. The Hall–Kier alpha value is -3.19. The molecule has 0 aromatic carbocycles. The van der Waals surface area contributed by atoms with E-state index in [2.05, 4.69) is 31.2 Å². The highest BCUT2D eigenvalue weighted by Crippen LogP contribution is 2.40. The maximum Gasteiger partial charge on any atom is 0.224 e. The molecule has 1 saturated carbocycles. The van der Waals surface area contributed by atoms with E-state index in [-0.39, 0.29) is 12.1 Å². The highest BCUT2D eigenvalue weighted by Gasteiger charge is 2.40. The number of hydrogen-bond acceptors (Lipinski definition) is 4. The van der Waals surface area contributed by atoms with Gasteiger partial charge in [-0.25, -0.2) is 6.57 Å². The Morgan fingerprint density at radius 1 is 1.46 bits per heavy atom. The second-order valence-electron chi connectivity index (χ2n) is 6.15. The van der Waals surface area contributed by atoms with Crippen LogP contribution in [0.25, 0.3) is 27.0 Å². The summed E-state index contributed by atoms with van der Waals surface area (Å²) in [7, 11) is 0. The normalized spacial score (nSPS) is 20.9. The summed E-state index contributed by atoms with van der Waals surface area (Å²) in [6, 6.07) is 4.36. The molecule has 7 heteroatoms. The summed E-state index contributed by atoms with van der Waals surface area (Å²) in [4.78, 5) is 6.64. The molecule has 0 bridgehead atoms. The number of aromatic nitrogens is 5. The van der Waals surface area contributed by atoms with Crippen LogP contribution in [0.3, 0.4) is 0 Å². The van der Waals surface area contributed by atoms with Crippen molar-refractivity contribution >= 4 is 11.0 Å². The molecule has 24 heavy (non-hydrogen) atoms. The van der Waals surface area contributed by atoms with Crippen LogP contribution in [0, 0.1) is 23.8 Å². The van der Waals surface area contributed by atoms with E-state index < -0.39 is 0 Å². The Labute approximate surface area is 138 Å². The Bertz CT molecular complexity index is 949. The minimum atomic E-state index is 0.0262. The van der Waals surface area contributed by atoms with E-state index in [9.17, 15) is 0 Å². The molecule has 1 fully saturated rings. The summed E-state index contributed by atoms with van der Waals surface area (Å²) >= 11 is 0. The van der Waals surface area contributed by atoms with Gasteiger partial charge in [0.25, 0.3) is 0 Å². The van der Waals surface area contributed by atoms with Gasteiger partial charge in [0, 0.05) is 41.7 Å². The van der Waals surface area contributed by atoms with Crippen LogP contribution in [0.1, 0.15) is 25.3 Å². The molecule has 3 aromatic rings. The number of hydrogen-bond donors (Lipinski definition) is 1. The first-order valence-corrected chi connectivity index (χ1v) is 7.87. The lowest BCUT2D eigenvalue weighted by Gasteiger charge is -2.33. The Kier molecular flexibility index (Phi) is 3.47. The third-order valence-corrected chi connectivity index (χ3v) is 4.79. The first-order valence-electron chi connectivity index (χ1n) is 7.87. The molecule has 4 rings (SSSR count). The number of fused-ring (bicyclic) bond motifs is 1.